The van der Waals surface area contributed by atoms with Crippen LogP contribution in [-0.4, -0.2) is 69.0 Å². The molecule has 0 unspecified atom stereocenters. The highest BCUT2D eigenvalue weighted by Crippen LogP contribution is 2.41. The van der Waals surface area contributed by atoms with Gasteiger partial charge in [0.25, 0.3) is 0 Å². The molecule has 0 atom stereocenters. The van der Waals surface area contributed by atoms with Gasteiger partial charge in [0.15, 0.2) is 10.9 Å². The standard InChI is InChI=1S/C31H39F4N3O5S/c1-3-4-5-6-7-8-14-43-27-12-11-24(19-26(27)31(33,34)35)38(21-25(39)22-42-18-17-41-16-15-40-2)30-37-28(29(32)44-30)23-10-9-13-36-20-23/h9-13,19-20H,3-8,14-18,21-22H2,1-2H3. The number of carbonyl (C=O) groups is 1. The summed E-state index contributed by atoms with van der Waals surface area (Å²) in [5, 5.41) is -0.656. The Morgan fingerprint density at radius 2 is 1.73 bits per heavy atom. The molecule has 0 N–H and O–H groups in total. The van der Waals surface area contributed by atoms with Crippen LogP contribution in [0.4, 0.5) is 28.4 Å². The molecule has 0 saturated carbocycles. The molecule has 0 bridgehead atoms. The number of alkyl halides is 3. The third-order valence-electron chi connectivity index (χ3n) is 6.48. The van der Waals surface area contributed by atoms with E-state index in [1.165, 1.54) is 29.4 Å². The van der Waals surface area contributed by atoms with Crippen LogP contribution < -0.4 is 9.64 Å². The number of rotatable bonds is 21. The predicted octanol–water partition coefficient (Wildman–Crippen LogP) is 7.49. The Kier molecular flexibility index (Phi) is 15.0. The topological polar surface area (TPSA) is 83.0 Å². The normalized spacial score (nSPS) is 11.6. The molecule has 0 radical (unpaired) electrons. The number of ketones is 1. The lowest BCUT2D eigenvalue weighted by Gasteiger charge is -2.23. The van der Waals surface area contributed by atoms with Gasteiger partial charge >= 0.3 is 6.18 Å². The summed E-state index contributed by atoms with van der Waals surface area (Å²) >= 11 is 0.619. The van der Waals surface area contributed by atoms with Gasteiger partial charge in [-0.15, -0.1) is 0 Å². The first-order chi connectivity index (χ1) is 21.2. The van der Waals surface area contributed by atoms with Crippen LogP contribution >= 0.6 is 11.3 Å². The Morgan fingerprint density at radius 1 is 0.977 bits per heavy atom. The van der Waals surface area contributed by atoms with Crippen molar-refractivity contribution in [3.05, 3.63) is 53.4 Å². The van der Waals surface area contributed by atoms with Crippen LogP contribution in [0.15, 0.2) is 42.7 Å². The molecule has 0 spiro atoms. The minimum absolute atomic E-state index is 0.00599. The van der Waals surface area contributed by atoms with Gasteiger partial charge < -0.3 is 23.8 Å². The quantitative estimate of drug-likeness (QED) is 0.0875. The number of benzene rings is 1. The van der Waals surface area contributed by atoms with E-state index in [4.69, 9.17) is 18.9 Å². The highest BCUT2D eigenvalue weighted by atomic mass is 32.1. The number of thiazole rings is 1. The van der Waals surface area contributed by atoms with Crippen molar-refractivity contribution in [3.63, 3.8) is 0 Å². The third kappa shape index (κ3) is 11.4. The van der Waals surface area contributed by atoms with E-state index >= 15 is 4.39 Å². The maximum atomic E-state index is 15.1. The van der Waals surface area contributed by atoms with E-state index in [2.05, 4.69) is 16.9 Å². The molecule has 0 aliphatic heterocycles. The lowest BCUT2D eigenvalue weighted by Crippen LogP contribution is -2.28. The van der Waals surface area contributed by atoms with E-state index in [0.717, 1.165) is 38.2 Å². The molecule has 242 valence electrons. The van der Waals surface area contributed by atoms with Gasteiger partial charge in [-0.1, -0.05) is 50.4 Å². The van der Waals surface area contributed by atoms with Gasteiger partial charge in [0.2, 0.25) is 5.13 Å². The summed E-state index contributed by atoms with van der Waals surface area (Å²) in [6.07, 6.45) is 4.04. The second-order valence-electron chi connectivity index (χ2n) is 9.94. The lowest BCUT2D eigenvalue weighted by atomic mass is 10.1. The SMILES string of the molecule is CCCCCCCCOc1ccc(N(CC(=O)COCCOCCOC)c2nc(-c3cccnc3)c(F)s2)cc1C(F)(F)F. The van der Waals surface area contributed by atoms with Crippen LogP contribution in [0.5, 0.6) is 5.75 Å². The molecule has 0 saturated heterocycles. The highest BCUT2D eigenvalue weighted by Gasteiger charge is 2.36. The van der Waals surface area contributed by atoms with Crippen LogP contribution in [0.1, 0.15) is 51.0 Å². The number of halogens is 4. The lowest BCUT2D eigenvalue weighted by molar-refractivity contribution is -0.138. The summed E-state index contributed by atoms with van der Waals surface area (Å²) in [5.74, 6) is -0.753. The number of anilines is 2. The number of carbonyl (C=O) groups excluding carboxylic acids is 1. The largest absolute Gasteiger partial charge is 0.493 e. The summed E-state index contributed by atoms with van der Waals surface area (Å²) in [5.41, 5.74) is -0.612. The zero-order chi connectivity index (χ0) is 31.8. The monoisotopic (exact) mass is 641 g/mol. The number of pyridine rings is 1. The van der Waals surface area contributed by atoms with E-state index in [1.807, 2.05) is 0 Å². The molecule has 0 aliphatic rings. The Balaban J connectivity index is 1.81. The van der Waals surface area contributed by atoms with E-state index in [0.29, 0.717) is 36.5 Å². The van der Waals surface area contributed by atoms with E-state index in [-0.39, 0.29) is 48.7 Å². The Labute approximate surface area is 259 Å². The number of nitrogens with zero attached hydrogens (tertiary/aromatic N) is 3. The molecule has 2 heterocycles. The number of methoxy groups -OCH3 is 1. The number of unbranched alkanes of at least 4 members (excludes halogenated alkanes) is 5. The first kappa shape index (κ1) is 35.4. The van der Waals surface area contributed by atoms with Gasteiger partial charge in [-0.3, -0.25) is 9.78 Å². The molecule has 0 aliphatic carbocycles. The van der Waals surface area contributed by atoms with Crippen LogP contribution in [-0.2, 0) is 25.2 Å². The fourth-order valence-corrected chi connectivity index (χ4v) is 5.06. The fraction of sp³-hybridized carbons (Fsp3) is 0.516. The molecule has 3 rings (SSSR count). The molecule has 8 nitrogen and oxygen atoms in total. The van der Waals surface area contributed by atoms with Gasteiger partial charge in [-0.05, 0) is 36.8 Å². The van der Waals surface area contributed by atoms with E-state index in [1.54, 1.807) is 19.2 Å². The molecular weight excluding hydrogens is 602 g/mol. The van der Waals surface area contributed by atoms with Crippen molar-refractivity contribution in [1.82, 2.24) is 9.97 Å². The minimum atomic E-state index is -4.73. The molecule has 0 fully saturated rings. The van der Waals surface area contributed by atoms with Gasteiger partial charge in [0.1, 0.15) is 18.1 Å². The average Bonchev–Trinajstić information content (AvgIpc) is 3.40. The molecule has 44 heavy (non-hydrogen) atoms. The van der Waals surface area contributed by atoms with Crippen LogP contribution in [0.25, 0.3) is 11.3 Å². The van der Waals surface area contributed by atoms with Gasteiger partial charge in [0.05, 0.1) is 45.1 Å². The third-order valence-corrected chi connectivity index (χ3v) is 7.34. The molecule has 3 aromatic rings. The van der Waals surface area contributed by atoms with Crippen molar-refractivity contribution in [2.45, 2.75) is 51.6 Å². The number of hydrogen-bond donors (Lipinski definition) is 0. The summed E-state index contributed by atoms with van der Waals surface area (Å²) in [7, 11) is 1.55. The van der Waals surface area contributed by atoms with Crippen molar-refractivity contribution in [1.29, 1.82) is 0 Å². The first-order valence-electron chi connectivity index (χ1n) is 14.6. The fourth-order valence-electron chi connectivity index (χ4n) is 4.22. The smallest absolute Gasteiger partial charge is 0.420 e. The predicted molar refractivity (Wildman–Crippen MR) is 161 cm³/mol. The molecule has 2 aromatic heterocycles. The summed E-state index contributed by atoms with van der Waals surface area (Å²) < 4.78 is 78.8. The van der Waals surface area contributed by atoms with Gasteiger partial charge in [-0.2, -0.15) is 17.6 Å². The Hall–Kier alpha value is -3.13. The van der Waals surface area contributed by atoms with Crippen LogP contribution in [0.3, 0.4) is 0 Å². The summed E-state index contributed by atoms with van der Waals surface area (Å²) in [4.78, 5) is 22.5. The zero-order valence-electron chi connectivity index (χ0n) is 25.0. The second kappa shape index (κ2) is 18.6. The van der Waals surface area contributed by atoms with Crippen molar-refractivity contribution in [2.24, 2.45) is 0 Å². The number of hydrogen-bond acceptors (Lipinski definition) is 9. The second-order valence-corrected chi connectivity index (χ2v) is 10.9. The average molecular weight is 642 g/mol. The van der Waals surface area contributed by atoms with Gasteiger partial charge in [0, 0.05) is 30.8 Å². The van der Waals surface area contributed by atoms with E-state index in [9.17, 15) is 18.0 Å². The summed E-state index contributed by atoms with van der Waals surface area (Å²) in [6, 6.07) is 6.77. The molecule has 1 aromatic carbocycles. The zero-order valence-corrected chi connectivity index (χ0v) is 25.9. The van der Waals surface area contributed by atoms with Gasteiger partial charge in [-0.25, -0.2) is 4.98 Å². The minimum Gasteiger partial charge on any atom is -0.493 e. The Morgan fingerprint density at radius 3 is 2.45 bits per heavy atom. The van der Waals surface area contributed by atoms with E-state index < -0.39 is 29.2 Å². The molecule has 13 heteroatoms. The summed E-state index contributed by atoms with van der Waals surface area (Å²) in [6.45, 7) is 2.70. The maximum absolute atomic E-state index is 15.1. The van der Waals surface area contributed by atoms with Crippen molar-refractivity contribution < 1.29 is 41.3 Å². The van der Waals surface area contributed by atoms with Crippen molar-refractivity contribution >= 4 is 27.9 Å². The van der Waals surface area contributed by atoms with Crippen LogP contribution in [0, 0.1) is 5.13 Å². The molecule has 0 amide bonds. The Bertz CT molecular complexity index is 1280. The first-order valence-corrected chi connectivity index (χ1v) is 15.4. The number of aromatic nitrogens is 2. The molecular formula is C31H39F4N3O5S. The van der Waals surface area contributed by atoms with Crippen LogP contribution in [0.2, 0.25) is 0 Å². The number of ether oxygens (including phenoxy) is 4. The van der Waals surface area contributed by atoms with Crippen molar-refractivity contribution in [2.75, 3.05) is 58.2 Å². The maximum Gasteiger partial charge on any atom is 0.420 e. The highest BCUT2D eigenvalue weighted by molar-refractivity contribution is 7.14. The van der Waals surface area contributed by atoms with Crippen molar-refractivity contribution in [3.8, 4) is 17.0 Å². The number of Topliss-reactive ketones (excluding diaryl/α,β-unsaturated/α-hetero) is 1.